The summed E-state index contributed by atoms with van der Waals surface area (Å²) in [6, 6.07) is -0.339. The first-order valence-corrected chi connectivity index (χ1v) is 7.54. The molecule has 0 aliphatic heterocycles. The fraction of sp³-hybridized carbons (Fsp3) is 0.733. The average Bonchev–Trinajstić information content (AvgIpc) is 2.49. The normalized spacial score (nSPS) is 17.0. The minimum atomic E-state index is -0.810. The van der Waals surface area contributed by atoms with Gasteiger partial charge < -0.3 is 20.5 Å². The van der Waals surface area contributed by atoms with Crippen molar-refractivity contribution in [3.05, 3.63) is 12.7 Å². The minimum Gasteiger partial charge on any atom is -0.481 e. The van der Waals surface area contributed by atoms with Gasteiger partial charge in [0.05, 0.1) is 18.6 Å². The number of nitrogens with one attached hydrogen (secondary N) is 2. The maximum Gasteiger partial charge on any atom is 0.314 e. The van der Waals surface area contributed by atoms with Crippen LogP contribution in [0, 0.1) is 5.41 Å². The van der Waals surface area contributed by atoms with Gasteiger partial charge >= 0.3 is 12.0 Å². The fourth-order valence-electron chi connectivity index (χ4n) is 2.51. The third kappa shape index (κ3) is 6.16. The van der Waals surface area contributed by atoms with Crippen LogP contribution in [0.25, 0.3) is 0 Å². The van der Waals surface area contributed by atoms with E-state index in [2.05, 4.69) is 17.2 Å². The van der Waals surface area contributed by atoms with E-state index in [0.717, 1.165) is 25.7 Å². The van der Waals surface area contributed by atoms with Crippen molar-refractivity contribution in [2.45, 2.75) is 38.5 Å². The molecule has 6 heteroatoms. The molecule has 2 amide bonds. The zero-order valence-electron chi connectivity index (χ0n) is 12.5. The molecule has 21 heavy (non-hydrogen) atoms. The SMILES string of the molecule is C=CCCOCCNC(=O)NCC1(C(=O)O)CCCCC1. The van der Waals surface area contributed by atoms with Gasteiger partial charge in [0.25, 0.3) is 0 Å². The van der Waals surface area contributed by atoms with Crippen molar-refractivity contribution in [2.24, 2.45) is 5.41 Å². The van der Waals surface area contributed by atoms with E-state index in [4.69, 9.17) is 4.74 Å². The molecule has 0 aromatic heterocycles. The standard InChI is InChI=1S/C15H26N2O4/c1-2-3-10-21-11-9-16-14(20)17-12-15(13(18)19)7-5-4-6-8-15/h2H,1,3-12H2,(H,18,19)(H2,16,17,20). The fourth-order valence-corrected chi connectivity index (χ4v) is 2.51. The van der Waals surface area contributed by atoms with E-state index < -0.39 is 11.4 Å². The number of carbonyl (C=O) groups excluding carboxylic acids is 1. The Morgan fingerprint density at radius 1 is 1.19 bits per heavy atom. The maximum absolute atomic E-state index is 11.7. The highest BCUT2D eigenvalue weighted by atomic mass is 16.5. The number of amides is 2. The number of carboxylic acids is 1. The van der Waals surface area contributed by atoms with Crippen LogP contribution in [-0.2, 0) is 9.53 Å². The molecule has 0 atom stereocenters. The molecule has 1 fully saturated rings. The van der Waals surface area contributed by atoms with Gasteiger partial charge in [0.1, 0.15) is 0 Å². The summed E-state index contributed by atoms with van der Waals surface area (Å²) in [6.07, 6.45) is 6.71. The van der Waals surface area contributed by atoms with Crippen LogP contribution in [0.4, 0.5) is 4.79 Å². The summed E-state index contributed by atoms with van der Waals surface area (Å²) in [4.78, 5) is 23.1. The molecule has 1 aliphatic carbocycles. The van der Waals surface area contributed by atoms with Gasteiger partial charge in [-0.1, -0.05) is 25.3 Å². The van der Waals surface area contributed by atoms with Crippen molar-refractivity contribution >= 4 is 12.0 Å². The second-order valence-corrected chi connectivity index (χ2v) is 5.45. The summed E-state index contributed by atoms with van der Waals surface area (Å²) in [5.74, 6) is -0.810. The molecule has 1 saturated carbocycles. The Kier molecular flexibility index (Phi) is 7.82. The van der Waals surface area contributed by atoms with Gasteiger partial charge in [-0.05, 0) is 19.3 Å². The summed E-state index contributed by atoms with van der Waals surface area (Å²) < 4.78 is 5.27. The highest BCUT2D eigenvalue weighted by Crippen LogP contribution is 2.35. The van der Waals surface area contributed by atoms with Crippen LogP contribution in [0.3, 0.4) is 0 Å². The molecule has 120 valence electrons. The summed E-state index contributed by atoms with van der Waals surface area (Å²) in [7, 11) is 0. The average molecular weight is 298 g/mol. The predicted molar refractivity (Wildman–Crippen MR) is 80.2 cm³/mol. The van der Waals surface area contributed by atoms with Crippen LogP contribution in [0.1, 0.15) is 38.5 Å². The van der Waals surface area contributed by atoms with E-state index in [0.29, 0.717) is 32.6 Å². The summed E-state index contributed by atoms with van der Waals surface area (Å²) in [5.41, 5.74) is -0.796. The lowest BCUT2D eigenvalue weighted by Crippen LogP contribution is -2.47. The largest absolute Gasteiger partial charge is 0.481 e. The Hall–Kier alpha value is -1.56. The Bertz CT molecular complexity index is 352. The number of rotatable bonds is 9. The lowest BCUT2D eigenvalue weighted by Gasteiger charge is -2.33. The molecule has 0 saturated heterocycles. The van der Waals surface area contributed by atoms with Crippen molar-refractivity contribution in [2.75, 3.05) is 26.3 Å². The molecule has 0 unspecified atom stereocenters. The molecule has 3 N–H and O–H groups in total. The van der Waals surface area contributed by atoms with E-state index in [1.165, 1.54) is 0 Å². The van der Waals surface area contributed by atoms with Crippen molar-refractivity contribution in [1.29, 1.82) is 0 Å². The van der Waals surface area contributed by atoms with E-state index in [1.807, 2.05) is 0 Å². The number of hydrogen-bond acceptors (Lipinski definition) is 3. The highest BCUT2D eigenvalue weighted by molar-refractivity contribution is 5.78. The second-order valence-electron chi connectivity index (χ2n) is 5.45. The minimum absolute atomic E-state index is 0.186. The number of ether oxygens (including phenoxy) is 1. The first-order chi connectivity index (χ1) is 10.1. The van der Waals surface area contributed by atoms with Gasteiger partial charge in [-0.15, -0.1) is 6.58 Å². The molecule has 0 bridgehead atoms. The van der Waals surface area contributed by atoms with E-state index >= 15 is 0 Å². The lowest BCUT2D eigenvalue weighted by atomic mass is 9.74. The van der Waals surface area contributed by atoms with Gasteiger partial charge in [0.15, 0.2) is 0 Å². The van der Waals surface area contributed by atoms with Gasteiger partial charge in [-0.2, -0.15) is 0 Å². The van der Waals surface area contributed by atoms with Crippen molar-refractivity contribution in [3.8, 4) is 0 Å². The van der Waals surface area contributed by atoms with Gasteiger partial charge in [0.2, 0.25) is 0 Å². The van der Waals surface area contributed by atoms with Gasteiger partial charge in [-0.3, -0.25) is 4.79 Å². The third-order valence-corrected chi connectivity index (χ3v) is 3.85. The van der Waals surface area contributed by atoms with Gasteiger partial charge in [-0.25, -0.2) is 4.79 Å². The Balaban J connectivity index is 2.21. The summed E-state index contributed by atoms with van der Waals surface area (Å²) in [5, 5.41) is 14.7. The maximum atomic E-state index is 11.7. The molecular weight excluding hydrogens is 272 g/mol. The summed E-state index contributed by atoms with van der Waals surface area (Å²) >= 11 is 0. The highest BCUT2D eigenvalue weighted by Gasteiger charge is 2.39. The van der Waals surface area contributed by atoms with Crippen LogP contribution in [0.15, 0.2) is 12.7 Å². The third-order valence-electron chi connectivity index (χ3n) is 3.85. The number of hydrogen-bond donors (Lipinski definition) is 3. The Morgan fingerprint density at radius 2 is 1.90 bits per heavy atom. The van der Waals surface area contributed by atoms with Crippen molar-refractivity contribution in [1.82, 2.24) is 10.6 Å². The van der Waals surface area contributed by atoms with E-state index in [9.17, 15) is 14.7 Å². The molecule has 0 spiro atoms. The summed E-state index contributed by atoms with van der Waals surface area (Å²) in [6.45, 7) is 5.21. The monoisotopic (exact) mass is 298 g/mol. The van der Waals surface area contributed by atoms with Crippen LogP contribution in [0.2, 0.25) is 0 Å². The number of carboxylic acid groups (broad SMARTS) is 1. The molecule has 1 rings (SSSR count). The lowest BCUT2D eigenvalue weighted by molar-refractivity contribution is -0.150. The van der Waals surface area contributed by atoms with Crippen LogP contribution in [0.5, 0.6) is 0 Å². The smallest absolute Gasteiger partial charge is 0.314 e. The molecule has 6 nitrogen and oxygen atoms in total. The predicted octanol–water partition coefficient (Wildman–Crippen LogP) is 1.91. The van der Waals surface area contributed by atoms with E-state index in [1.54, 1.807) is 6.08 Å². The molecule has 0 aromatic carbocycles. The molecule has 0 aromatic rings. The molecule has 0 heterocycles. The number of carbonyl (C=O) groups is 2. The topological polar surface area (TPSA) is 87.7 Å². The number of aliphatic carboxylic acids is 1. The molecule has 1 aliphatic rings. The molecule has 0 radical (unpaired) electrons. The van der Waals surface area contributed by atoms with E-state index in [-0.39, 0.29) is 12.6 Å². The van der Waals surface area contributed by atoms with Crippen molar-refractivity contribution < 1.29 is 19.4 Å². The molecular formula is C15H26N2O4. The zero-order valence-corrected chi connectivity index (χ0v) is 12.5. The first kappa shape index (κ1) is 17.5. The van der Waals surface area contributed by atoms with Crippen LogP contribution < -0.4 is 10.6 Å². The van der Waals surface area contributed by atoms with Crippen molar-refractivity contribution in [3.63, 3.8) is 0 Å². The zero-order chi connectivity index (χ0) is 15.6. The van der Waals surface area contributed by atoms with Gasteiger partial charge in [0, 0.05) is 13.1 Å². The van der Waals surface area contributed by atoms with Crippen LogP contribution in [-0.4, -0.2) is 43.4 Å². The number of urea groups is 1. The van der Waals surface area contributed by atoms with Crippen LogP contribution >= 0.6 is 0 Å². The quantitative estimate of drug-likeness (QED) is 0.448. The first-order valence-electron chi connectivity index (χ1n) is 7.54. The Morgan fingerprint density at radius 3 is 2.52 bits per heavy atom. The Labute approximate surface area is 125 Å². The second kappa shape index (κ2) is 9.39.